The van der Waals surface area contributed by atoms with Crippen LogP contribution in [0.2, 0.25) is 0 Å². The van der Waals surface area contributed by atoms with E-state index in [1.807, 2.05) is 137 Å². The van der Waals surface area contributed by atoms with Gasteiger partial charge in [0.05, 0.1) is 13.2 Å². The zero-order valence-electron chi connectivity index (χ0n) is 49.3. The predicted molar refractivity (Wildman–Crippen MR) is 315 cm³/mol. The highest BCUT2D eigenvalue weighted by Gasteiger charge is 2.57. The van der Waals surface area contributed by atoms with Crippen LogP contribution in [0.1, 0.15) is 89.3 Å². The second kappa shape index (κ2) is 28.8. The molecule has 0 amide bonds. The van der Waals surface area contributed by atoms with Gasteiger partial charge in [-0.05, 0) is 61.1 Å². The Labute approximate surface area is 503 Å². The normalized spacial score (nSPS) is 26.7. The van der Waals surface area contributed by atoms with Crippen molar-refractivity contribution >= 4 is 17.9 Å². The lowest BCUT2D eigenvalue weighted by atomic mass is 9.80. The van der Waals surface area contributed by atoms with E-state index in [0.717, 1.165) is 33.4 Å². The van der Waals surface area contributed by atoms with Crippen LogP contribution in [-0.4, -0.2) is 142 Å². The average Bonchev–Trinajstić information content (AvgIpc) is 1.17. The molecule has 18 nitrogen and oxygen atoms in total. The van der Waals surface area contributed by atoms with Gasteiger partial charge >= 0.3 is 17.9 Å². The Bertz CT molecular complexity index is 2870. The Morgan fingerprint density at radius 2 is 0.767 bits per heavy atom. The number of hydrogen-bond acceptors (Lipinski definition) is 18. The van der Waals surface area contributed by atoms with Gasteiger partial charge in [-0.1, -0.05) is 189 Å². The van der Waals surface area contributed by atoms with E-state index in [9.17, 15) is 19.5 Å². The molecule has 11 rings (SSSR count). The highest BCUT2D eigenvalue weighted by molar-refractivity contribution is 5.67. The van der Waals surface area contributed by atoms with Crippen molar-refractivity contribution in [3.63, 3.8) is 0 Å². The lowest BCUT2D eigenvalue weighted by Gasteiger charge is -2.37. The average molecular weight is 1190 g/mol. The van der Waals surface area contributed by atoms with Crippen LogP contribution in [0.3, 0.4) is 0 Å². The molecule has 0 bridgehead atoms. The smallest absolute Gasteiger partial charge is 0.305 e. The van der Waals surface area contributed by atoms with E-state index in [2.05, 4.69) is 72.8 Å². The predicted octanol–water partition coefficient (Wildman–Crippen LogP) is 9.54. The quantitative estimate of drug-likeness (QED) is 0.0484. The number of hydrogen-bond donors (Lipinski definition) is 1. The minimum Gasteiger partial charge on any atom is -0.463 e. The second-order valence-electron chi connectivity index (χ2n) is 21.9. The molecule has 5 heterocycles. The summed E-state index contributed by atoms with van der Waals surface area (Å²) in [5, 5.41) is 10.9. The van der Waals surface area contributed by atoms with Crippen molar-refractivity contribution in [3.05, 3.63) is 215 Å². The number of aliphatic hydroxyl groups excluding tert-OH is 1. The van der Waals surface area contributed by atoms with Gasteiger partial charge in [-0.3, -0.25) is 14.4 Å². The number of fused-ring (bicyclic) bond motifs is 2. The summed E-state index contributed by atoms with van der Waals surface area (Å²) >= 11 is 0. The van der Waals surface area contributed by atoms with Crippen LogP contribution in [0.15, 0.2) is 182 Å². The maximum Gasteiger partial charge on any atom is 0.305 e. The van der Waals surface area contributed by atoms with Crippen molar-refractivity contribution in [1.29, 1.82) is 0 Å². The van der Waals surface area contributed by atoms with E-state index in [-0.39, 0.29) is 39.0 Å². The zero-order chi connectivity index (χ0) is 60.4. The number of aliphatic hydroxyl groups is 1. The highest BCUT2D eigenvalue weighted by Crippen LogP contribution is 2.45. The third-order valence-corrected chi connectivity index (χ3v) is 15.1. The van der Waals surface area contributed by atoms with E-state index < -0.39 is 96.2 Å². The van der Waals surface area contributed by atoms with E-state index in [1.165, 1.54) is 27.9 Å². The maximum atomic E-state index is 11.1. The van der Waals surface area contributed by atoms with E-state index >= 15 is 0 Å². The lowest BCUT2D eigenvalue weighted by Crippen LogP contribution is -2.41. The van der Waals surface area contributed by atoms with Gasteiger partial charge in [0.1, 0.15) is 66.6 Å². The Morgan fingerprint density at radius 3 is 1.12 bits per heavy atom. The van der Waals surface area contributed by atoms with Crippen molar-refractivity contribution in [3.8, 4) is 0 Å². The molecule has 5 fully saturated rings. The van der Waals surface area contributed by atoms with Crippen LogP contribution >= 0.6 is 0 Å². The monoisotopic (exact) mass is 1180 g/mol. The fourth-order valence-corrected chi connectivity index (χ4v) is 11.5. The standard InChI is InChI=1S/C28H30O5.C27H28O5.C12H18O8.CH4/c1-27(2)32-25-24(29-3)23(31-26(25)33-27)19-30-28(20-13-7-4-8-14-20,21-15-9-5-10-16-21)22-17-11-6-12-18-22;1-26(2)31-24-23(28)22(30-25(24)32-26)18-29-27(19-12-6-3-7-13-19,20-14-8-4-9-15-20)21-16-10-5-11-17-21;1-6(13)17-5-9-10(16-4)11(18-7(2)14)12(20-9)19-8(3)15;/h4-18,23-26H,19H2,1-3H3;3-17,22-25,28H,18H2,1-2H3;9-12H,5H2,1-4H3;1H4/t23-,24+,25-,26?;22-,23+,24-,25?;9-,10+,11-,12?;/m111./s1. The van der Waals surface area contributed by atoms with Gasteiger partial charge in [0.2, 0.25) is 6.29 Å². The summed E-state index contributed by atoms with van der Waals surface area (Å²) in [5.41, 5.74) is 4.45. The molecule has 0 radical (unpaired) electrons. The SMILES string of the molecule is C.CC1(C)OC2O[C@H](COC(c3ccccc3)(c3ccccc3)c3ccccc3)[C@H](O)[C@H]2O1.CO[C@H]1[C@@H](COC(C)=O)OC(OC(C)=O)[C@@H]1OC(C)=O.CO[C@H]1[C@@H](COC(c2ccccc2)(c2ccccc2)c2ccccc2)OC2OC(C)(C)O[C@@H]21. The molecule has 460 valence electrons. The Kier molecular flexibility index (Phi) is 21.9. The van der Waals surface area contributed by atoms with Crippen LogP contribution in [0.25, 0.3) is 0 Å². The summed E-state index contributed by atoms with van der Waals surface area (Å²) in [7, 11) is 3.07. The molecule has 6 aromatic carbocycles. The molecular weight excluding hydrogens is 1100 g/mol. The van der Waals surface area contributed by atoms with Crippen LogP contribution in [-0.2, 0) is 91.9 Å². The van der Waals surface area contributed by atoms with Crippen molar-refractivity contribution in [2.24, 2.45) is 0 Å². The van der Waals surface area contributed by atoms with Crippen LogP contribution < -0.4 is 0 Å². The molecule has 18 heteroatoms. The Balaban J connectivity index is 0.000000172. The number of rotatable bonds is 18. The Morgan fingerprint density at radius 1 is 0.430 bits per heavy atom. The molecule has 5 aliphatic heterocycles. The number of ether oxygens (including phenoxy) is 14. The first-order valence-electron chi connectivity index (χ1n) is 28.4. The number of methoxy groups -OCH3 is 2. The van der Waals surface area contributed by atoms with Crippen molar-refractivity contribution < 1.29 is 85.8 Å². The molecule has 5 saturated heterocycles. The molecule has 86 heavy (non-hydrogen) atoms. The molecule has 0 saturated carbocycles. The van der Waals surface area contributed by atoms with Crippen molar-refractivity contribution in [2.75, 3.05) is 34.0 Å². The first kappa shape index (κ1) is 65.2. The van der Waals surface area contributed by atoms with Gasteiger partial charge in [0, 0.05) is 35.0 Å². The molecule has 0 aromatic heterocycles. The molecule has 3 unspecified atom stereocenters. The topological polar surface area (TPSA) is 201 Å². The van der Waals surface area contributed by atoms with Gasteiger partial charge < -0.3 is 71.4 Å². The number of benzene rings is 6. The van der Waals surface area contributed by atoms with Gasteiger partial charge in [0.15, 0.2) is 30.3 Å². The minimum absolute atomic E-state index is 0. The van der Waals surface area contributed by atoms with E-state index in [0.29, 0.717) is 6.61 Å². The van der Waals surface area contributed by atoms with Gasteiger partial charge in [-0.25, -0.2) is 0 Å². The van der Waals surface area contributed by atoms with Crippen molar-refractivity contribution in [2.45, 2.75) is 152 Å². The highest BCUT2D eigenvalue weighted by atomic mass is 16.9. The summed E-state index contributed by atoms with van der Waals surface area (Å²) in [6, 6.07) is 61.3. The maximum absolute atomic E-state index is 11.1. The van der Waals surface area contributed by atoms with Crippen LogP contribution in [0.4, 0.5) is 0 Å². The van der Waals surface area contributed by atoms with Crippen LogP contribution in [0, 0.1) is 0 Å². The minimum atomic E-state index is -1.10. The molecule has 5 aliphatic rings. The fraction of sp³-hybridized carbons (Fsp3) is 0.426. The number of carbonyl (C=O) groups excluding carboxylic acids is 3. The molecule has 0 spiro atoms. The lowest BCUT2D eigenvalue weighted by molar-refractivity contribution is -0.225. The van der Waals surface area contributed by atoms with E-state index in [1.54, 1.807) is 7.11 Å². The number of esters is 3. The summed E-state index contributed by atoms with van der Waals surface area (Å²) in [6.45, 7) is 11.5. The largest absolute Gasteiger partial charge is 0.463 e. The van der Waals surface area contributed by atoms with E-state index in [4.69, 9.17) is 66.3 Å². The molecule has 12 atom stereocenters. The fourth-order valence-electron chi connectivity index (χ4n) is 11.5. The summed E-state index contributed by atoms with van der Waals surface area (Å²) in [6.07, 6.45) is -7.36. The molecule has 6 aromatic rings. The van der Waals surface area contributed by atoms with Gasteiger partial charge in [0.25, 0.3) is 0 Å². The summed E-state index contributed by atoms with van der Waals surface area (Å²) < 4.78 is 80.8. The van der Waals surface area contributed by atoms with Crippen molar-refractivity contribution in [1.82, 2.24) is 0 Å². The van der Waals surface area contributed by atoms with Crippen LogP contribution in [0.5, 0.6) is 0 Å². The third-order valence-electron chi connectivity index (χ3n) is 15.1. The molecular formula is C68H80O18. The first-order chi connectivity index (χ1) is 40.9. The zero-order valence-corrected chi connectivity index (χ0v) is 49.3. The summed E-state index contributed by atoms with van der Waals surface area (Å²) in [4.78, 5) is 33.0. The molecule has 0 aliphatic carbocycles. The Hall–Kier alpha value is -6.75. The third kappa shape index (κ3) is 14.8. The summed E-state index contributed by atoms with van der Waals surface area (Å²) in [5.74, 6) is -3.10. The second-order valence-corrected chi connectivity index (χ2v) is 21.9. The van der Waals surface area contributed by atoms with Gasteiger partial charge in [-0.2, -0.15) is 0 Å². The molecule has 1 N–H and O–H groups in total. The van der Waals surface area contributed by atoms with Gasteiger partial charge in [-0.15, -0.1) is 0 Å². The first-order valence-corrected chi connectivity index (χ1v) is 28.4. The number of carbonyl (C=O) groups is 3.